The number of rotatable bonds is 3. The van der Waals surface area contributed by atoms with Gasteiger partial charge in [-0.05, 0) is 46.6 Å². The minimum Gasteiger partial charge on any atom is -0.444 e. The summed E-state index contributed by atoms with van der Waals surface area (Å²) in [7, 11) is 0. The van der Waals surface area contributed by atoms with Crippen LogP contribution in [0.4, 0.5) is 4.79 Å². The number of hydrogen-bond acceptors (Lipinski definition) is 3. The predicted octanol–water partition coefficient (Wildman–Crippen LogP) is 3.97. The van der Waals surface area contributed by atoms with Crippen LogP contribution in [0.5, 0.6) is 0 Å². The van der Waals surface area contributed by atoms with Crippen LogP contribution in [0.2, 0.25) is 0 Å². The van der Waals surface area contributed by atoms with Gasteiger partial charge in [0.15, 0.2) is 5.78 Å². The molecule has 0 bridgehead atoms. The van der Waals surface area contributed by atoms with E-state index in [-0.39, 0.29) is 17.9 Å². The van der Waals surface area contributed by atoms with Crippen molar-refractivity contribution in [3.05, 3.63) is 35.4 Å². The van der Waals surface area contributed by atoms with Gasteiger partial charge in [0.1, 0.15) is 5.60 Å². The molecule has 120 valence electrons. The van der Waals surface area contributed by atoms with E-state index in [1.54, 1.807) is 4.90 Å². The second kappa shape index (κ2) is 6.51. The Labute approximate surface area is 132 Å². The van der Waals surface area contributed by atoms with E-state index in [0.717, 1.165) is 24.0 Å². The third-order valence-electron chi connectivity index (χ3n) is 3.77. The molecule has 0 radical (unpaired) electrons. The molecule has 1 aromatic rings. The fraction of sp³-hybridized carbons (Fsp3) is 0.556. The largest absolute Gasteiger partial charge is 0.444 e. The first-order valence-electron chi connectivity index (χ1n) is 7.86. The molecule has 4 nitrogen and oxygen atoms in total. The lowest BCUT2D eigenvalue weighted by Crippen LogP contribution is -2.40. The van der Waals surface area contributed by atoms with Crippen molar-refractivity contribution in [1.29, 1.82) is 0 Å². The summed E-state index contributed by atoms with van der Waals surface area (Å²) >= 11 is 0. The van der Waals surface area contributed by atoms with E-state index in [1.165, 1.54) is 0 Å². The Hall–Kier alpha value is -1.84. The zero-order valence-electron chi connectivity index (χ0n) is 13.9. The first-order valence-corrected chi connectivity index (χ1v) is 7.86. The average molecular weight is 303 g/mol. The molecule has 1 fully saturated rings. The molecule has 1 amide bonds. The highest BCUT2D eigenvalue weighted by molar-refractivity contribution is 5.96. The Kier molecular flexibility index (Phi) is 4.89. The van der Waals surface area contributed by atoms with Gasteiger partial charge < -0.3 is 9.64 Å². The van der Waals surface area contributed by atoms with Gasteiger partial charge >= 0.3 is 6.09 Å². The Morgan fingerprint density at radius 2 is 2.05 bits per heavy atom. The summed E-state index contributed by atoms with van der Waals surface area (Å²) in [5, 5.41) is 0. The molecule has 22 heavy (non-hydrogen) atoms. The quantitative estimate of drug-likeness (QED) is 0.794. The molecule has 0 aromatic heterocycles. The first kappa shape index (κ1) is 16.5. The minimum absolute atomic E-state index is 0.0529. The van der Waals surface area contributed by atoms with Crippen molar-refractivity contribution in [1.82, 2.24) is 4.90 Å². The summed E-state index contributed by atoms with van der Waals surface area (Å²) in [6, 6.07) is 7.54. The maximum Gasteiger partial charge on any atom is 0.410 e. The number of amides is 1. The van der Waals surface area contributed by atoms with Crippen LogP contribution < -0.4 is 0 Å². The summed E-state index contributed by atoms with van der Waals surface area (Å²) in [4.78, 5) is 26.4. The van der Waals surface area contributed by atoms with Crippen LogP contribution in [0.15, 0.2) is 24.3 Å². The van der Waals surface area contributed by atoms with Gasteiger partial charge in [-0.1, -0.05) is 23.8 Å². The summed E-state index contributed by atoms with van der Waals surface area (Å²) in [5.41, 5.74) is 1.28. The average Bonchev–Trinajstić information content (AvgIpc) is 2.85. The maximum atomic E-state index is 12.4. The number of carbonyl (C=O) groups is 2. The van der Waals surface area contributed by atoms with Crippen LogP contribution in [0.25, 0.3) is 0 Å². The lowest BCUT2D eigenvalue weighted by atomic mass is 10.0. The van der Waals surface area contributed by atoms with Gasteiger partial charge in [0.05, 0.1) is 0 Å². The monoisotopic (exact) mass is 303 g/mol. The van der Waals surface area contributed by atoms with Crippen LogP contribution in [0.3, 0.4) is 0 Å². The van der Waals surface area contributed by atoms with Crippen molar-refractivity contribution in [3.63, 3.8) is 0 Å². The molecule has 1 aromatic carbocycles. The molecule has 0 spiro atoms. The lowest BCUT2D eigenvalue weighted by molar-refractivity contribution is 0.0223. The number of benzene rings is 1. The Bertz CT molecular complexity index is 560. The van der Waals surface area contributed by atoms with E-state index in [9.17, 15) is 9.59 Å². The van der Waals surface area contributed by atoms with Crippen LogP contribution in [-0.2, 0) is 4.74 Å². The van der Waals surface area contributed by atoms with E-state index in [2.05, 4.69) is 0 Å². The summed E-state index contributed by atoms with van der Waals surface area (Å²) in [5.74, 6) is 0.0872. The van der Waals surface area contributed by atoms with Gasteiger partial charge in [0.25, 0.3) is 0 Å². The second-order valence-corrected chi connectivity index (χ2v) is 6.97. The smallest absolute Gasteiger partial charge is 0.410 e. The zero-order chi connectivity index (χ0) is 16.3. The Balaban J connectivity index is 2.02. The number of ketones is 1. The first-order chi connectivity index (χ1) is 10.3. The number of carbonyl (C=O) groups excluding carboxylic acids is 2. The van der Waals surface area contributed by atoms with Gasteiger partial charge in [-0.2, -0.15) is 0 Å². The van der Waals surface area contributed by atoms with Crippen LogP contribution in [0.1, 0.15) is 56.0 Å². The molecule has 1 heterocycles. The zero-order valence-corrected chi connectivity index (χ0v) is 13.9. The van der Waals surface area contributed by atoms with E-state index >= 15 is 0 Å². The molecule has 1 atom stereocenters. The van der Waals surface area contributed by atoms with Crippen molar-refractivity contribution >= 4 is 11.9 Å². The molecule has 1 aliphatic heterocycles. The highest BCUT2D eigenvalue weighted by Gasteiger charge is 2.33. The molecule has 2 rings (SSSR count). The van der Waals surface area contributed by atoms with Gasteiger partial charge in [-0.3, -0.25) is 4.79 Å². The molecule has 1 aliphatic rings. The lowest BCUT2D eigenvalue weighted by Gasteiger charge is -2.28. The Morgan fingerprint density at radius 1 is 1.32 bits per heavy atom. The standard InChI is InChI=1S/C18H25NO3/c1-13-7-5-8-14(11-13)16(20)12-15-9-6-10-19(15)17(21)22-18(2,3)4/h5,7-8,11,15H,6,9-10,12H2,1-4H3. The topological polar surface area (TPSA) is 46.6 Å². The van der Waals surface area contributed by atoms with Gasteiger partial charge in [-0.25, -0.2) is 4.79 Å². The fourth-order valence-corrected chi connectivity index (χ4v) is 2.76. The SMILES string of the molecule is Cc1cccc(C(=O)CC2CCCN2C(=O)OC(C)(C)C)c1. The molecular formula is C18H25NO3. The fourth-order valence-electron chi connectivity index (χ4n) is 2.76. The molecule has 0 N–H and O–H groups in total. The highest BCUT2D eigenvalue weighted by atomic mass is 16.6. The number of Topliss-reactive ketones (excluding diaryl/α,β-unsaturated/α-hetero) is 1. The minimum atomic E-state index is -0.509. The summed E-state index contributed by atoms with van der Waals surface area (Å²) < 4.78 is 5.43. The van der Waals surface area contributed by atoms with Crippen LogP contribution in [-0.4, -0.2) is 35.0 Å². The van der Waals surface area contributed by atoms with Crippen LogP contribution >= 0.6 is 0 Å². The van der Waals surface area contributed by atoms with Crippen molar-refractivity contribution in [2.45, 2.75) is 58.6 Å². The normalized spacial score (nSPS) is 18.4. The van der Waals surface area contributed by atoms with Crippen molar-refractivity contribution in [3.8, 4) is 0 Å². The molecule has 0 aliphatic carbocycles. The maximum absolute atomic E-state index is 12.4. The molecule has 1 unspecified atom stereocenters. The van der Waals surface area contributed by atoms with E-state index in [1.807, 2.05) is 52.0 Å². The van der Waals surface area contributed by atoms with Crippen molar-refractivity contribution < 1.29 is 14.3 Å². The molecule has 0 saturated carbocycles. The number of ether oxygens (including phenoxy) is 1. The molecular weight excluding hydrogens is 278 g/mol. The van der Waals surface area contributed by atoms with Crippen LogP contribution in [0, 0.1) is 6.92 Å². The third-order valence-corrected chi connectivity index (χ3v) is 3.77. The number of hydrogen-bond donors (Lipinski definition) is 0. The summed E-state index contributed by atoms with van der Waals surface area (Å²) in [6.07, 6.45) is 1.83. The van der Waals surface area contributed by atoms with E-state index in [4.69, 9.17) is 4.74 Å². The van der Waals surface area contributed by atoms with Gasteiger partial charge in [-0.15, -0.1) is 0 Å². The number of likely N-dealkylation sites (tertiary alicyclic amines) is 1. The predicted molar refractivity (Wildman–Crippen MR) is 86.1 cm³/mol. The third kappa shape index (κ3) is 4.33. The van der Waals surface area contributed by atoms with Gasteiger partial charge in [0.2, 0.25) is 0 Å². The highest BCUT2D eigenvalue weighted by Crippen LogP contribution is 2.24. The van der Waals surface area contributed by atoms with E-state index in [0.29, 0.717) is 13.0 Å². The second-order valence-electron chi connectivity index (χ2n) is 6.97. The number of nitrogens with zero attached hydrogens (tertiary/aromatic N) is 1. The van der Waals surface area contributed by atoms with Crippen molar-refractivity contribution in [2.75, 3.05) is 6.54 Å². The molecule has 4 heteroatoms. The molecule has 1 saturated heterocycles. The Morgan fingerprint density at radius 3 is 2.68 bits per heavy atom. The summed E-state index contributed by atoms with van der Waals surface area (Å²) in [6.45, 7) is 8.20. The number of aryl methyl sites for hydroxylation is 1. The van der Waals surface area contributed by atoms with Crippen molar-refractivity contribution in [2.24, 2.45) is 0 Å². The van der Waals surface area contributed by atoms with Gasteiger partial charge in [0, 0.05) is 24.6 Å². The van der Waals surface area contributed by atoms with E-state index < -0.39 is 5.60 Å².